The maximum absolute atomic E-state index is 13.8. The van der Waals surface area contributed by atoms with Gasteiger partial charge >= 0.3 is 0 Å². The number of benzene rings is 1. The second-order valence-electron chi connectivity index (χ2n) is 5.16. The van der Waals surface area contributed by atoms with Crippen LogP contribution in [0.25, 0.3) is 0 Å². The van der Waals surface area contributed by atoms with Gasteiger partial charge in [0, 0.05) is 18.2 Å². The summed E-state index contributed by atoms with van der Waals surface area (Å²) in [6.45, 7) is 0.139. The minimum absolute atomic E-state index is 0.115. The van der Waals surface area contributed by atoms with E-state index in [0.29, 0.717) is 5.03 Å². The second kappa shape index (κ2) is 6.09. The van der Waals surface area contributed by atoms with Gasteiger partial charge in [0.15, 0.2) is 0 Å². The zero-order valence-electron chi connectivity index (χ0n) is 12.5. The maximum Gasteiger partial charge on any atom is 0.263 e. The Morgan fingerprint density at radius 1 is 1.38 bits per heavy atom. The Hall–Kier alpha value is -2.66. The lowest BCUT2D eigenvalue weighted by molar-refractivity contribution is 0.0987. The Kier molecular flexibility index (Phi) is 4.11. The van der Waals surface area contributed by atoms with Crippen LogP contribution in [0, 0.1) is 23.0 Å². The van der Waals surface area contributed by atoms with Crippen molar-refractivity contribution in [1.29, 1.82) is 5.26 Å². The van der Waals surface area contributed by atoms with Gasteiger partial charge in [0.05, 0.1) is 16.3 Å². The number of pyridine rings is 1. The summed E-state index contributed by atoms with van der Waals surface area (Å²) in [5.41, 5.74) is -0.363. The molecule has 1 aromatic carbocycles. The van der Waals surface area contributed by atoms with Crippen LogP contribution in [-0.4, -0.2) is 23.7 Å². The van der Waals surface area contributed by atoms with E-state index in [1.165, 1.54) is 17.8 Å². The number of hydrogen-bond donors (Lipinski definition) is 1. The van der Waals surface area contributed by atoms with E-state index >= 15 is 0 Å². The summed E-state index contributed by atoms with van der Waals surface area (Å²) in [6.07, 6.45) is 1.93. The molecule has 1 N–H and O–H groups in total. The highest BCUT2D eigenvalue weighted by Gasteiger charge is 2.30. The lowest BCUT2D eigenvalue weighted by Gasteiger charge is -2.17. The fourth-order valence-electron chi connectivity index (χ4n) is 2.69. The number of anilines is 1. The number of thioether (sulfide) groups is 1. The molecule has 2 heterocycles. The van der Waals surface area contributed by atoms with Crippen LogP contribution in [0.5, 0.6) is 0 Å². The van der Waals surface area contributed by atoms with Gasteiger partial charge in [0.1, 0.15) is 23.3 Å². The number of carbonyl (C=O) groups is 1. The molecule has 0 saturated heterocycles. The number of amides is 1. The van der Waals surface area contributed by atoms with Crippen molar-refractivity contribution >= 4 is 23.4 Å². The highest BCUT2D eigenvalue weighted by atomic mass is 32.2. The van der Waals surface area contributed by atoms with E-state index in [0.717, 1.165) is 17.0 Å². The molecule has 24 heavy (non-hydrogen) atoms. The lowest BCUT2D eigenvalue weighted by Crippen LogP contribution is -2.33. The first-order valence-electron chi connectivity index (χ1n) is 6.97. The highest BCUT2D eigenvalue weighted by molar-refractivity contribution is 7.98. The monoisotopic (exact) mass is 347 g/mol. The zero-order chi connectivity index (χ0) is 17.4. The molecule has 1 amide bonds. The number of hydrogen-bond acceptors (Lipinski definition) is 4. The van der Waals surface area contributed by atoms with Gasteiger partial charge in [-0.2, -0.15) is 5.26 Å². The second-order valence-corrected chi connectivity index (χ2v) is 5.98. The Morgan fingerprint density at radius 3 is 2.79 bits per heavy atom. The fourth-order valence-corrected chi connectivity index (χ4v) is 3.21. The third-order valence-electron chi connectivity index (χ3n) is 3.82. The summed E-state index contributed by atoms with van der Waals surface area (Å²) in [5, 5.41) is 9.49. The Labute approximate surface area is 139 Å². The third-order valence-corrected chi connectivity index (χ3v) is 4.55. The van der Waals surface area contributed by atoms with Gasteiger partial charge < -0.3 is 9.88 Å². The average Bonchev–Trinajstić information content (AvgIpc) is 2.97. The number of nitrogens with one attached hydrogen (secondary N) is 1. The SMILES string of the molecule is CSc1[nH]c(=O)c(C(=O)N2CCc3c(F)cc(F)cc32)cc1C#N. The minimum Gasteiger partial charge on any atom is -0.315 e. The molecular formula is C16H11F2N3O2S. The Bertz CT molecular complexity index is 950. The van der Waals surface area contributed by atoms with Crippen molar-refractivity contribution in [2.75, 3.05) is 17.7 Å². The first kappa shape index (κ1) is 16.2. The smallest absolute Gasteiger partial charge is 0.263 e. The zero-order valence-corrected chi connectivity index (χ0v) is 13.3. The van der Waals surface area contributed by atoms with E-state index in [9.17, 15) is 18.4 Å². The van der Waals surface area contributed by atoms with Gasteiger partial charge in [0.2, 0.25) is 0 Å². The van der Waals surface area contributed by atoms with E-state index in [-0.39, 0.29) is 35.3 Å². The molecule has 3 rings (SSSR count). The summed E-state index contributed by atoms with van der Waals surface area (Å²) in [4.78, 5) is 28.4. The van der Waals surface area contributed by atoms with Crippen LogP contribution >= 0.6 is 11.8 Å². The maximum atomic E-state index is 13.8. The van der Waals surface area contributed by atoms with Gasteiger partial charge in [-0.15, -0.1) is 11.8 Å². The lowest BCUT2D eigenvalue weighted by atomic mass is 10.1. The van der Waals surface area contributed by atoms with Crippen LogP contribution in [0.1, 0.15) is 21.5 Å². The standard InChI is InChI=1S/C16H11F2N3O2S/c1-24-15-8(7-19)4-11(14(22)20-15)16(23)21-3-2-10-12(18)5-9(17)6-13(10)21/h4-6H,2-3H2,1H3,(H,20,22). The number of H-pyrrole nitrogens is 1. The van der Waals surface area contributed by atoms with Crippen molar-refractivity contribution in [3.8, 4) is 6.07 Å². The first-order valence-corrected chi connectivity index (χ1v) is 8.20. The van der Waals surface area contributed by atoms with Gasteiger partial charge in [-0.05, 0) is 24.8 Å². The largest absolute Gasteiger partial charge is 0.315 e. The Morgan fingerprint density at radius 2 is 2.12 bits per heavy atom. The number of nitriles is 1. The van der Waals surface area contributed by atoms with Gasteiger partial charge in [-0.3, -0.25) is 9.59 Å². The number of fused-ring (bicyclic) bond motifs is 1. The molecule has 1 aromatic heterocycles. The average molecular weight is 347 g/mol. The minimum atomic E-state index is -0.796. The summed E-state index contributed by atoms with van der Waals surface area (Å²) < 4.78 is 27.3. The molecule has 0 aliphatic carbocycles. The molecule has 0 saturated carbocycles. The molecule has 0 bridgehead atoms. The number of aromatic nitrogens is 1. The van der Waals surface area contributed by atoms with Crippen molar-refractivity contribution < 1.29 is 13.6 Å². The molecule has 1 aliphatic rings. The number of aromatic amines is 1. The normalized spacial score (nSPS) is 12.8. The Balaban J connectivity index is 2.07. The van der Waals surface area contributed by atoms with Gasteiger partial charge in [0.25, 0.3) is 11.5 Å². The molecule has 0 atom stereocenters. The van der Waals surface area contributed by atoms with Crippen LogP contribution in [0.4, 0.5) is 14.5 Å². The summed E-state index contributed by atoms with van der Waals surface area (Å²) >= 11 is 1.18. The van der Waals surface area contributed by atoms with E-state index in [1.807, 2.05) is 6.07 Å². The van der Waals surface area contributed by atoms with Crippen molar-refractivity contribution in [2.24, 2.45) is 0 Å². The van der Waals surface area contributed by atoms with Crippen molar-refractivity contribution in [3.63, 3.8) is 0 Å². The van der Waals surface area contributed by atoms with Crippen LogP contribution in [-0.2, 0) is 6.42 Å². The molecule has 122 valence electrons. The van der Waals surface area contributed by atoms with Crippen molar-refractivity contribution in [2.45, 2.75) is 11.4 Å². The van der Waals surface area contributed by atoms with Crippen LogP contribution in [0.2, 0.25) is 0 Å². The predicted octanol–water partition coefficient (Wildman–Crippen LogP) is 2.45. The quantitative estimate of drug-likeness (QED) is 0.847. The summed E-state index contributed by atoms with van der Waals surface area (Å²) in [6, 6.07) is 4.96. The van der Waals surface area contributed by atoms with E-state index in [1.54, 1.807) is 6.26 Å². The van der Waals surface area contributed by atoms with Crippen LogP contribution in [0.15, 0.2) is 28.0 Å². The molecule has 5 nitrogen and oxygen atoms in total. The van der Waals surface area contributed by atoms with E-state index < -0.39 is 23.1 Å². The summed E-state index contributed by atoms with van der Waals surface area (Å²) in [5.74, 6) is -2.20. The molecule has 0 spiro atoms. The molecule has 8 heteroatoms. The topological polar surface area (TPSA) is 77.0 Å². The van der Waals surface area contributed by atoms with Crippen molar-refractivity contribution in [3.05, 3.63) is 56.9 Å². The molecule has 0 fully saturated rings. The number of nitrogens with zero attached hydrogens (tertiary/aromatic N) is 2. The van der Waals surface area contributed by atoms with E-state index in [2.05, 4.69) is 4.98 Å². The number of halogens is 2. The molecule has 0 radical (unpaired) electrons. The first-order chi connectivity index (χ1) is 11.5. The van der Waals surface area contributed by atoms with Gasteiger partial charge in [-0.25, -0.2) is 8.78 Å². The predicted molar refractivity (Wildman–Crippen MR) is 85.3 cm³/mol. The number of rotatable bonds is 2. The summed E-state index contributed by atoms with van der Waals surface area (Å²) in [7, 11) is 0. The van der Waals surface area contributed by atoms with Gasteiger partial charge in [-0.1, -0.05) is 0 Å². The van der Waals surface area contributed by atoms with E-state index in [4.69, 9.17) is 5.26 Å². The molecular weight excluding hydrogens is 336 g/mol. The fraction of sp³-hybridized carbons (Fsp3) is 0.188. The number of carbonyl (C=O) groups excluding carboxylic acids is 1. The molecule has 1 aliphatic heterocycles. The highest BCUT2D eigenvalue weighted by Crippen LogP contribution is 2.32. The van der Waals surface area contributed by atoms with Crippen LogP contribution in [0.3, 0.4) is 0 Å². The molecule has 0 unspecified atom stereocenters. The third kappa shape index (κ3) is 2.57. The van der Waals surface area contributed by atoms with Crippen molar-refractivity contribution in [1.82, 2.24) is 4.98 Å². The molecule has 2 aromatic rings. The van der Waals surface area contributed by atoms with Crippen LogP contribution < -0.4 is 10.5 Å².